The zero-order chi connectivity index (χ0) is 11.9. The minimum Gasteiger partial charge on any atom is -0.394 e. The summed E-state index contributed by atoms with van der Waals surface area (Å²) in [5.41, 5.74) is 0. The molecule has 0 aromatic rings. The molecule has 0 bridgehead atoms. The van der Waals surface area contributed by atoms with Gasteiger partial charge in [-0.15, -0.1) is 0 Å². The van der Waals surface area contributed by atoms with Crippen molar-refractivity contribution in [3.63, 3.8) is 0 Å². The number of aliphatic hydroxyl groups is 3. The lowest BCUT2D eigenvalue weighted by molar-refractivity contribution is -0.0128. The summed E-state index contributed by atoms with van der Waals surface area (Å²) in [5, 5.41) is 24.3. The molecule has 0 amide bonds. The largest absolute Gasteiger partial charge is 0.394 e. The Morgan fingerprint density at radius 3 is 2.07 bits per heavy atom. The Balaban J connectivity index is 2.98. The highest BCUT2D eigenvalue weighted by atomic mass is 32.3. The van der Waals surface area contributed by atoms with Crippen molar-refractivity contribution >= 4 is 19.7 Å². The van der Waals surface area contributed by atoms with Gasteiger partial charge in [-0.3, -0.25) is 0 Å². The van der Waals surface area contributed by atoms with E-state index in [0.717, 1.165) is 0 Å². The van der Waals surface area contributed by atoms with E-state index in [4.69, 9.17) is 10.2 Å². The van der Waals surface area contributed by atoms with Gasteiger partial charge in [0.15, 0.2) is 24.8 Å². The quantitative estimate of drug-likeness (QED) is 0.489. The zero-order valence-corrected chi connectivity index (χ0v) is 9.28. The number of rotatable bonds is 3. The summed E-state index contributed by atoms with van der Waals surface area (Å²) in [6, 6.07) is 0. The predicted molar refractivity (Wildman–Crippen MR) is 50.5 cm³/mol. The smallest absolute Gasteiger partial charge is 0.171 e. The number of sulfone groups is 2. The monoisotopic (exact) mass is 260 g/mol. The van der Waals surface area contributed by atoms with E-state index in [-0.39, 0.29) is 0 Å². The molecular weight excluding hydrogens is 248 g/mol. The summed E-state index contributed by atoms with van der Waals surface area (Å²) in [4.78, 5) is 0. The lowest BCUT2D eigenvalue weighted by Gasteiger charge is -2.19. The normalized spacial score (nSPS) is 32.3. The van der Waals surface area contributed by atoms with Crippen molar-refractivity contribution in [1.29, 1.82) is 0 Å². The topological polar surface area (TPSA) is 129 Å². The summed E-state index contributed by atoms with van der Waals surface area (Å²) in [5.74, 6) is -0.715. The summed E-state index contributed by atoms with van der Waals surface area (Å²) < 4.78 is 44.7. The van der Waals surface area contributed by atoms with Crippen molar-refractivity contribution < 1.29 is 32.2 Å². The van der Waals surface area contributed by atoms with Crippen LogP contribution in [0.3, 0.4) is 0 Å². The molecule has 1 aliphatic rings. The third kappa shape index (κ3) is 2.67. The lowest BCUT2D eigenvalue weighted by atomic mass is 10.1. The molecule has 0 spiro atoms. The molecule has 1 rings (SSSR count). The van der Waals surface area contributed by atoms with E-state index in [2.05, 4.69) is 0 Å². The van der Waals surface area contributed by atoms with E-state index in [9.17, 15) is 21.9 Å². The fourth-order valence-corrected chi connectivity index (χ4v) is 7.25. The average molecular weight is 260 g/mol. The van der Waals surface area contributed by atoms with Crippen molar-refractivity contribution in [3.8, 4) is 0 Å². The molecule has 1 heterocycles. The molecule has 0 aromatic heterocycles. The Hall–Kier alpha value is -0.220. The van der Waals surface area contributed by atoms with E-state index < -0.39 is 54.6 Å². The van der Waals surface area contributed by atoms with Crippen LogP contribution >= 0.6 is 0 Å². The van der Waals surface area contributed by atoms with Gasteiger partial charge in [-0.2, -0.15) is 0 Å². The summed E-state index contributed by atoms with van der Waals surface area (Å²) in [7, 11) is -7.69. The molecule has 15 heavy (non-hydrogen) atoms. The highest BCUT2D eigenvalue weighted by molar-refractivity contribution is 8.11. The predicted octanol–water partition coefficient (Wildman–Crippen LogP) is -3.13. The lowest BCUT2D eigenvalue weighted by Crippen LogP contribution is -2.43. The van der Waals surface area contributed by atoms with Crippen molar-refractivity contribution in [3.05, 3.63) is 0 Å². The van der Waals surface area contributed by atoms with Gasteiger partial charge in [0.2, 0.25) is 0 Å². The summed E-state index contributed by atoms with van der Waals surface area (Å²) in [6.45, 7) is -0.826. The first-order valence-electron chi connectivity index (χ1n) is 4.08. The van der Waals surface area contributed by atoms with Crippen LogP contribution in [0.25, 0.3) is 0 Å². The Bertz CT molecular complexity index is 422. The maximum absolute atomic E-state index is 11.3. The minimum atomic E-state index is -3.96. The van der Waals surface area contributed by atoms with E-state index >= 15 is 0 Å². The second kappa shape index (κ2) is 3.98. The van der Waals surface area contributed by atoms with Gasteiger partial charge in [-0.05, 0) is 0 Å². The molecule has 7 nitrogen and oxygen atoms in total. The molecular formula is C6H12O7S2. The number of aliphatic hydroxyl groups excluding tert-OH is 3. The maximum atomic E-state index is 11.3. The Labute approximate surface area is 87.2 Å². The van der Waals surface area contributed by atoms with Crippen LogP contribution in [0, 0.1) is 0 Å². The second-order valence-corrected chi connectivity index (χ2v) is 8.16. The standard InChI is InChI=1S/C6H12O7S2/c7-1-4(8)6(9)5-2-14(10,11)3-15(5,12)13/h4-9H,1-3H2. The molecule has 0 saturated carbocycles. The highest BCUT2D eigenvalue weighted by Crippen LogP contribution is 2.22. The van der Waals surface area contributed by atoms with Gasteiger partial charge < -0.3 is 15.3 Å². The van der Waals surface area contributed by atoms with E-state index in [1.165, 1.54) is 0 Å². The third-order valence-electron chi connectivity index (χ3n) is 2.19. The molecule has 90 valence electrons. The molecule has 3 unspecified atom stereocenters. The van der Waals surface area contributed by atoms with Gasteiger partial charge in [0.25, 0.3) is 0 Å². The van der Waals surface area contributed by atoms with Gasteiger partial charge >= 0.3 is 0 Å². The van der Waals surface area contributed by atoms with Gasteiger partial charge in [-0.1, -0.05) is 0 Å². The SMILES string of the molecule is O=S1(=O)CC(C(O)C(O)CO)S(=O)(=O)C1. The van der Waals surface area contributed by atoms with E-state index in [1.54, 1.807) is 0 Å². The zero-order valence-electron chi connectivity index (χ0n) is 7.64. The van der Waals surface area contributed by atoms with Crippen molar-refractivity contribution in [2.75, 3.05) is 17.4 Å². The summed E-state index contributed by atoms with van der Waals surface area (Å²) in [6.07, 6.45) is -3.43. The van der Waals surface area contributed by atoms with Gasteiger partial charge in [-0.25, -0.2) is 16.8 Å². The molecule has 3 N–H and O–H groups in total. The van der Waals surface area contributed by atoms with Crippen LogP contribution in [0.4, 0.5) is 0 Å². The minimum absolute atomic E-state index is 0.715. The van der Waals surface area contributed by atoms with Gasteiger partial charge in [0.05, 0.1) is 18.5 Å². The molecule has 1 fully saturated rings. The van der Waals surface area contributed by atoms with Crippen molar-refractivity contribution in [2.45, 2.75) is 17.5 Å². The number of hydrogen-bond acceptors (Lipinski definition) is 7. The highest BCUT2D eigenvalue weighted by Gasteiger charge is 2.47. The van der Waals surface area contributed by atoms with Gasteiger partial charge in [0.1, 0.15) is 11.4 Å². The summed E-state index contributed by atoms with van der Waals surface area (Å²) >= 11 is 0. The average Bonchev–Trinajstić information content (AvgIpc) is 2.31. The van der Waals surface area contributed by atoms with Gasteiger partial charge in [0, 0.05) is 0 Å². The third-order valence-corrected chi connectivity index (χ3v) is 7.38. The fourth-order valence-electron chi connectivity index (χ4n) is 1.41. The first-order valence-corrected chi connectivity index (χ1v) is 7.62. The van der Waals surface area contributed by atoms with Crippen LogP contribution in [0.2, 0.25) is 0 Å². The van der Waals surface area contributed by atoms with E-state index in [1.807, 2.05) is 0 Å². The molecule has 1 saturated heterocycles. The second-order valence-electron chi connectivity index (χ2n) is 3.47. The maximum Gasteiger partial charge on any atom is 0.171 e. The van der Waals surface area contributed by atoms with Crippen LogP contribution < -0.4 is 0 Å². The molecule has 3 atom stereocenters. The van der Waals surface area contributed by atoms with Crippen molar-refractivity contribution in [1.82, 2.24) is 0 Å². The van der Waals surface area contributed by atoms with Crippen LogP contribution in [0.1, 0.15) is 0 Å². The van der Waals surface area contributed by atoms with Crippen molar-refractivity contribution in [2.24, 2.45) is 0 Å². The first kappa shape index (κ1) is 12.8. The van der Waals surface area contributed by atoms with Crippen LogP contribution in [-0.4, -0.2) is 67.1 Å². The molecule has 0 radical (unpaired) electrons. The molecule has 0 aliphatic carbocycles. The van der Waals surface area contributed by atoms with Crippen LogP contribution in [0.15, 0.2) is 0 Å². The van der Waals surface area contributed by atoms with Crippen LogP contribution in [0.5, 0.6) is 0 Å². The molecule has 9 heteroatoms. The molecule has 0 aromatic carbocycles. The Morgan fingerprint density at radius 1 is 1.20 bits per heavy atom. The fraction of sp³-hybridized carbons (Fsp3) is 1.00. The van der Waals surface area contributed by atoms with Crippen LogP contribution in [-0.2, 0) is 19.7 Å². The Morgan fingerprint density at radius 2 is 1.73 bits per heavy atom. The molecule has 1 aliphatic heterocycles. The van der Waals surface area contributed by atoms with E-state index in [0.29, 0.717) is 0 Å². The number of hydrogen-bond donors (Lipinski definition) is 3. The first-order chi connectivity index (χ1) is 6.69. The Kier molecular flexibility index (Phi) is 3.41.